The van der Waals surface area contributed by atoms with Gasteiger partial charge in [-0.15, -0.1) is 0 Å². The highest BCUT2D eigenvalue weighted by molar-refractivity contribution is 7.47. The average Bonchev–Trinajstić information content (AvgIpc) is 3.78. The van der Waals surface area contributed by atoms with Gasteiger partial charge in [-0.1, -0.05) is 281 Å². The number of aliphatic hydroxyl groups is 2. The molecule has 0 saturated carbocycles. The van der Waals surface area contributed by atoms with Gasteiger partial charge in [0.15, 0.2) is 6.10 Å². The third kappa shape index (κ3) is 74.2. The molecular weight excluding hydrogens is 1290 g/mol. The predicted octanol–water partition coefficient (Wildman–Crippen LogP) is 21.9. The number of rotatable bonds is 70. The molecule has 0 heterocycles. The molecule has 0 amide bonds. The van der Waals surface area contributed by atoms with E-state index in [0.717, 1.165) is 141 Å². The average molecular weight is 1430 g/mol. The monoisotopic (exact) mass is 1420 g/mol. The maximum absolute atomic E-state index is 13.0. The predicted molar refractivity (Wildman–Crippen MR) is 408 cm³/mol. The van der Waals surface area contributed by atoms with Crippen LogP contribution in [0.2, 0.25) is 0 Å². The second-order valence-electron chi connectivity index (χ2n) is 24.7. The van der Waals surface area contributed by atoms with Crippen molar-refractivity contribution in [2.45, 2.75) is 296 Å². The first-order valence-corrected chi connectivity index (χ1v) is 40.8. The van der Waals surface area contributed by atoms with Gasteiger partial charge in [-0.3, -0.25) is 32.5 Å². The molecule has 0 saturated heterocycles. The lowest BCUT2D eigenvalue weighted by molar-refractivity contribution is -0.161. The van der Waals surface area contributed by atoms with Crippen LogP contribution in [0.3, 0.4) is 0 Å². The first kappa shape index (κ1) is 94.2. The molecule has 564 valence electrons. The van der Waals surface area contributed by atoms with Crippen molar-refractivity contribution in [2.24, 2.45) is 0 Å². The Kier molecular flexibility index (Phi) is 69.4. The minimum Gasteiger partial charge on any atom is -0.463 e. The lowest BCUT2D eigenvalue weighted by Crippen LogP contribution is -2.30. The summed E-state index contributed by atoms with van der Waals surface area (Å²) in [6, 6.07) is 0. The molecule has 0 aromatic rings. The van der Waals surface area contributed by atoms with Crippen LogP contribution in [-0.4, -0.2) is 95.9 Å². The van der Waals surface area contributed by atoms with Crippen molar-refractivity contribution < 1.29 is 75.8 Å². The Balaban J connectivity index is 4.65. The van der Waals surface area contributed by atoms with E-state index in [1.807, 2.05) is 18.2 Å². The van der Waals surface area contributed by atoms with E-state index >= 15 is 0 Å². The molecule has 0 radical (unpaired) electrons. The van der Waals surface area contributed by atoms with Gasteiger partial charge in [-0.2, -0.15) is 0 Å². The van der Waals surface area contributed by atoms with Crippen molar-refractivity contribution in [3.63, 3.8) is 0 Å². The zero-order valence-electron chi connectivity index (χ0n) is 61.4. The minimum absolute atomic E-state index is 0.0376. The number of carbonyl (C=O) groups is 3. The number of hydrogen-bond acceptors (Lipinski definition) is 14. The number of ether oxygens (including phenoxy) is 3. The van der Waals surface area contributed by atoms with E-state index in [0.29, 0.717) is 25.7 Å². The summed E-state index contributed by atoms with van der Waals surface area (Å²) in [5.41, 5.74) is 0. The first-order valence-electron chi connectivity index (χ1n) is 37.8. The molecule has 18 heteroatoms. The minimum atomic E-state index is -4.95. The lowest BCUT2D eigenvalue weighted by Gasteiger charge is -2.21. The molecule has 0 aliphatic carbocycles. The molecule has 16 nitrogen and oxygen atoms in total. The van der Waals surface area contributed by atoms with Gasteiger partial charge in [0, 0.05) is 19.3 Å². The maximum Gasteiger partial charge on any atom is 0.472 e. The van der Waals surface area contributed by atoms with Crippen LogP contribution in [0.15, 0.2) is 158 Å². The Hall–Kier alpha value is -4.83. The van der Waals surface area contributed by atoms with E-state index < -0.39 is 91.5 Å². The Labute approximate surface area is 600 Å². The van der Waals surface area contributed by atoms with Crippen LogP contribution in [0.4, 0.5) is 0 Å². The van der Waals surface area contributed by atoms with Gasteiger partial charge in [0.1, 0.15) is 25.4 Å². The van der Waals surface area contributed by atoms with Crippen LogP contribution in [-0.2, 0) is 55.8 Å². The number of phosphoric acid groups is 2. The highest BCUT2D eigenvalue weighted by Gasteiger charge is 2.29. The Morgan fingerprint density at radius 2 is 0.556 bits per heavy atom. The van der Waals surface area contributed by atoms with Crippen LogP contribution < -0.4 is 0 Å². The smallest absolute Gasteiger partial charge is 0.463 e. The second kappa shape index (κ2) is 72.9. The number of carbonyl (C=O) groups excluding carboxylic acids is 3. The summed E-state index contributed by atoms with van der Waals surface area (Å²) in [7, 11) is -9.82. The SMILES string of the molecule is CC/C=C\C/C=C\C/C=C\C/C=C\C/C=C\C/C=C\CCC(=O)OCC(COP(=O)(O)OCC(O)COP(=O)(O)OCC(O)COC(=O)CCCCCCCCCCCCC/C=C\C/C=C\C/C=C\C/C=C\CCCCC)OC(=O)CCCCCCCCC/C=C\C/C=C\C/C=C\CC. The Morgan fingerprint density at radius 3 is 0.909 bits per heavy atom. The zero-order chi connectivity index (χ0) is 72.3. The van der Waals surface area contributed by atoms with Gasteiger partial charge < -0.3 is 34.2 Å². The molecular formula is C81H134O16P2. The van der Waals surface area contributed by atoms with Crippen LogP contribution >= 0.6 is 15.6 Å². The molecule has 0 aromatic heterocycles. The summed E-state index contributed by atoms with van der Waals surface area (Å²) >= 11 is 0. The molecule has 5 unspecified atom stereocenters. The molecule has 0 bridgehead atoms. The van der Waals surface area contributed by atoms with Crippen molar-refractivity contribution in [2.75, 3.05) is 39.6 Å². The summed E-state index contributed by atoms with van der Waals surface area (Å²) in [6.07, 6.45) is 90.2. The number of unbranched alkanes of at least 4 members (excludes halogenated alkanes) is 21. The quantitative estimate of drug-likeness (QED) is 0.0146. The largest absolute Gasteiger partial charge is 0.472 e. The molecule has 0 aromatic carbocycles. The van der Waals surface area contributed by atoms with E-state index in [1.54, 1.807) is 0 Å². The summed E-state index contributed by atoms with van der Waals surface area (Å²) in [4.78, 5) is 58.5. The number of aliphatic hydroxyl groups excluding tert-OH is 2. The van der Waals surface area contributed by atoms with Gasteiger partial charge >= 0.3 is 33.6 Å². The van der Waals surface area contributed by atoms with Crippen LogP contribution in [0.25, 0.3) is 0 Å². The topological polar surface area (TPSA) is 231 Å². The highest BCUT2D eigenvalue weighted by atomic mass is 31.2. The molecule has 99 heavy (non-hydrogen) atoms. The summed E-state index contributed by atoms with van der Waals surface area (Å²) in [5, 5.41) is 20.6. The van der Waals surface area contributed by atoms with Gasteiger partial charge in [0.25, 0.3) is 0 Å². The van der Waals surface area contributed by atoms with E-state index in [9.17, 15) is 43.5 Å². The fourth-order valence-electron chi connectivity index (χ4n) is 9.54. The standard InChI is InChI=1S/C81H134O16P2/c1-4-7-10-13-16-19-22-25-28-31-33-34-35-36-37-38-39-40-42-45-46-49-52-55-58-61-64-67-79(84)91-70-76(82)71-93-98(87,88)94-72-77(83)73-95-99(89,90)96-75-78(97-81(86)69-66-63-60-57-54-51-48-43-30-27-24-21-18-15-12-9-6-3)74-92-80(85)68-65-62-59-56-53-50-47-44-41-32-29-26-23-20-17-14-11-8-5-2/h8-9,11-12,16-21,25-30,33-34,36-37,41,44,50,53,59,62,76-78,82-83H,4-7,10,13-15,22-24,31-32,35,38-40,42-43,45-49,51-52,54-58,60-61,63-75H2,1-3H3,(H,87,88)(H,89,90)/b11-8-,12-9-,19-16-,20-17-,21-18-,28-25-,29-26-,30-27-,34-33-,37-36-,44-41-,53-50-,62-59-. The molecule has 0 aliphatic rings. The number of allylic oxidation sites excluding steroid dienone is 26. The van der Waals surface area contributed by atoms with Crippen LogP contribution in [0, 0.1) is 0 Å². The summed E-state index contributed by atoms with van der Waals surface area (Å²) in [5.74, 6) is -1.70. The Morgan fingerprint density at radius 1 is 0.293 bits per heavy atom. The van der Waals surface area contributed by atoms with Gasteiger partial charge in [0.05, 0.1) is 26.4 Å². The van der Waals surface area contributed by atoms with Crippen LogP contribution in [0.1, 0.15) is 278 Å². The molecule has 0 aliphatic heterocycles. The van der Waals surface area contributed by atoms with E-state index in [-0.39, 0.29) is 19.3 Å². The molecule has 0 rings (SSSR count). The Bertz CT molecular complexity index is 2430. The summed E-state index contributed by atoms with van der Waals surface area (Å²) < 4.78 is 61.0. The zero-order valence-corrected chi connectivity index (χ0v) is 63.1. The van der Waals surface area contributed by atoms with Gasteiger partial charge in [0.2, 0.25) is 0 Å². The van der Waals surface area contributed by atoms with Crippen molar-refractivity contribution in [1.29, 1.82) is 0 Å². The number of esters is 3. The molecule has 4 N–H and O–H groups in total. The van der Waals surface area contributed by atoms with Gasteiger partial charge in [-0.25, -0.2) is 9.13 Å². The van der Waals surface area contributed by atoms with Crippen LogP contribution in [0.5, 0.6) is 0 Å². The van der Waals surface area contributed by atoms with Crippen molar-refractivity contribution in [3.05, 3.63) is 158 Å². The number of hydrogen-bond donors (Lipinski definition) is 4. The van der Waals surface area contributed by atoms with E-state index in [1.165, 1.54) is 70.6 Å². The highest BCUT2D eigenvalue weighted by Crippen LogP contribution is 2.45. The van der Waals surface area contributed by atoms with Crippen molar-refractivity contribution in [1.82, 2.24) is 0 Å². The first-order chi connectivity index (χ1) is 48.2. The lowest BCUT2D eigenvalue weighted by atomic mass is 10.0. The number of phosphoric ester groups is 2. The molecule has 0 fully saturated rings. The third-order valence-electron chi connectivity index (χ3n) is 15.2. The van der Waals surface area contributed by atoms with Gasteiger partial charge in [-0.05, 0) is 135 Å². The van der Waals surface area contributed by atoms with E-state index in [2.05, 4.69) is 161 Å². The third-order valence-corrected chi connectivity index (χ3v) is 17.1. The van der Waals surface area contributed by atoms with E-state index in [4.69, 9.17) is 32.3 Å². The fraction of sp³-hybridized carbons (Fsp3) is 0.642. The summed E-state index contributed by atoms with van der Waals surface area (Å²) in [6.45, 7) is 2.31. The molecule has 5 atom stereocenters. The molecule has 0 spiro atoms. The second-order valence-corrected chi connectivity index (χ2v) is 27.6. The van der Waals surface area contributed by atoms with Crippen molar-refractivity contribution >= 4 is 33.6 Å². The fourth-order valence-corrected chi connectivity index (χ4v) is 11.1. The van der Waals surface area contributed by atoms with Crippen molar-refractivity contribution in [3.8, 4) is 0 Å². The maximum atomic E-state index is 13.0. The normalized spacial score (nSPS) is 14.9.